The Hall–Kier alpha value is -1.48. The molecule has 0 saturated heterocycles. The van der Waals surface area contributed by atoms with Gasteiger partial charge in [0.25, 0.3) is 5.91 Å². The highest BCUT2D eigenvalue weighted by atomic mass is 32.1. The summed E-state index contributed by atoms with van der Waals surface area (Å²) in [6, 6.07) is 0. The van der Waals surface area contributed by atoms with Crippen molar-refractivity contribution in [3.05, 3.63) is 10.4 Å². The second-order valence-electron chi connectivity index (χ2n) is 2.51. The van der Waals surface area contributed by atoms with E-state index in [-0.39, 0.29) is 5.82 Å². The van der Waals surface area contributed by atoms with Gasteiger partial charge < -0.3 is 5.11 Å². The molecule has 0 aliphatic rings. The number of thiazole rings is 1. The van der Waals surface area contributed by atoms with Crippen molar-refractivity contribution in [3.8, 4) is 0 Å². The number of anilines is 1. The van der Waals surface area contributed by atoms with Crippen molar-refractivity contribution in [1.29, 1.82) is 0 Å². The number of carbonyl (C=O) groups excluding carboxylic acids is 1. The standard InChI is InChI=1S/C7H6F3N3O2S/c1-11-13(5(15)2-14)4-3-16-6(12-4)7(8,9)10/h3,14H,1-2H2. The molecule has 16 heavy (non-hydrogen) atoms. The highest BCUT2D eigenvalue weighted by molar-refractivity contribution is 7.10. The summed E-state index contributed by atoms with van der Waals surface area (Å²) in [7, 11) is 0. The van der Waals surface area contributed by atoms with Crippen molar-refractivity contribution in [2.24, 2.45) is 5.10 Å². The van der Waals surface area contributed by atoms with Gasteiger partial charge in [0.15, 0.2) is 10.8 Å². The molecular formula is C7H6F3N3O2S. The number of hydrogen-bond donors (Lipinski definition) is 1. The van der Waals surface area contributed by atoms with Crippen LogP contribution in [0.3, 0.4) is 0 Å². The maximum atomic E-state index is 12.2. The lowest BCUT2D eigenvalue weighted by molar-refractivity contribution is -0.137. The Morgan fingerprint density at radius 1 is 1.69 bits per heavy atom. The van der Waals surface area contributed by atoms with Gasteiger partial charge in [-0.05, 0) is 0 Å². The number of aromatic nitrogens is 1. The van der Waals surface area contributed by atoms with Gasteiger partial charge in [-0.2, -0.15) is 23.3 Å². The van der Waals surface area contributed by atoms with Crippen LogP contribution in [0.15, 0.2) is 10.5 Å². The molecule has 9 heteroatoms. The average molecular weight is 253 g/mol. The van der Waals surface area contributed by atoms with Gasteiger partial charge in [0.05, 0.1) is 0 Å². The zero-order chi connectivity index (χ0) is 12.3. The molecule has 1 aromatic heterocycles. The number of alkyl halides is 3. The number of nitrogens with zero attached hydrogens (tertiary/aromatic N) is 3. The largest absolute Gasteiger partial charge is 0.443 e. The molecule has 1 aromatic rings. The molecule has 0 aliphatic carbocycles. The van der Waals surface area contributed by atoms with Crippen LogP contribution >= 0.6 is 11.3 Å². The van der Waals surface area contributed by atoms with Crippen molar-refractivity contribution < 1.29 is 23.1 Å². The van der Waals surface area contributed by atoms with Crippen LogP contribution in [0.25, 0.3) is 0 Å². The third-order valence-electron chi connectivity index (χ3n) is 1.46. The minimum absolute atomic E-state index is 0.314. The third-order valence-corrected chi connectivity index (χ3v) is 2.34. The fourth-order valence-electron chi connectivity index (χ4n) is 0.839. The molecule has 1 rings (SSSR count). The summed E-state index contributed by atoms with van der Waals surface area (Å²) < 4.78 is 36.6. The Bertz CT molecular complexity index is 404. The second kappa shape index (κ2) is 4.58. The van der Waals surface area contributed by atoms with E-state index >= 15 is 0 Å². The van der Waals surface area contributed by atoms with E-state index < -0.39 is 23.7 Å². The predicted octanol–water partition coefficient (Wildman–Crippen LogP) is 1.10. The van der Waals surface area contributed by atoms with Crippen LogP contribution in [-0.4, -0.2) is 29.3 Å². The summed E-state index contributed by atoms with van der Waals surface area (Å²) in [4.78, 5) is 14.2. The molecule has 5 nitrogen and oxygen atoms in total. The fourth-order valence-corrected chi connectivity index (χ4v) is 1.49. The Labute approximate surface area is 91.8 Å². The first-order valence-corrected chi connectivity index (χ1v) is 4.71. The van der Waals surface area contributed by atoms with Gasteiger partial charge >= 0.3 is 6.18 Å². The van der Waals surface area contributed by atoms with Crippen molar-refractivity contribution >= 4 is 29.8 Å². The third kappa shape index (κ3) is 2.55. The van der Waals surface area contributed by atoms with Gasteiger partial charge in [0.2, 0.25) is 0 Å². The molecule has 1 N–H and O–H groups in total. The lowest BCUT2D eigenvalue weighted by Gasteiger charge is -2.11. The van der Waals surface area contributed by atoms with Gasteiger partial charge in [-0.3, -0.25) is 4.79 Å². The molecule has 0 aromatic carbocycles. The van der Waals surface area contributed by atoms with Crippen LogP contribution in [0.5, 0.6) is 0 Å². The number of aliphatic hydroxyl groups excluding tert-OH is 1. The molecule has 0 unspecified atom stereocenters. The smallest absolute Gasteiger partial charge is 0.386 e. The molecular weight excluding hydrogens is 247 g/mol. The van der Waals surface area contributed by atoms with Crippen molar-refractivity contribution in [2.75, 3.05) is 11.6 Å². The topological polar surface area (TPSA) is 65.8 Å². The minimum atomic E-state index is -4.57. The molecule has 88 valence electrons. The van der Waals surface area contributed by atoms with Crippen molar-refractivity contribution in [1.82, 2.24) is 4.98 Å². The van der Waals surface area contributed by atoms with E-state index in [4.69, 9.17) is 5.11 Å². The predicted molar refractivity (Wildman–Crippen MR) is 51.2 cm³/mol. The van der Waals surface area contributed by atoms with E-state index in [1.807, 2.05) is 0 Å². The summed E-state index contributed by atoms with van der Waals surface area (Å²) in [6.45, 7) is 2.11. The number of halogens is 3. The Balaban J connectivity index is 3.00. The van der Waals surface area contributed by atoms with Gasteiger partial charge in [0.1, 0.15) is 6.61 Å². The van der Waals surface area contributed by atoms with Crippen LogP contribution in [0.2, 0.25) is 0 Å². The van der Waals surface area contributed by atoms with E-state index in [1.54, 1.807) is 0 Å². The molecule has 0 saturated carbocycles. The van der Waals surface area contributed by atoms with Crippen molar-refractivity contribution in [2.45, 2.75) is 6.18 Å². The SMILES string of the molecule is C=NN(C(=O)CO)c1csc(C(F)(F)F)n1. The number of carbonyl (C=O) groups is 1. The maximum Gasteiger partial charge on any atom is 0.443 e. The zero-order valence-corrected chi connectivity index (χ0v) is 8.55. The van der Waals surface area contributed by atoms with Gasteiger partial charge in [-0.15, -0.1) is 11.3 Å². The van der Waals surface area contributed by atoms with Crippen molar-refractivity contribution in [3.63, 3.8) is 0 Å². The summed E-state index contributed by atoms with van der Waals surface area (Å²) in [6.07, 6.45) is -4.57. The normalized spacial score (nSPS) is 11.2. The summed E-state index contributed by atoms with van der Waals surface area (Å²) in [5.74, 6) is -1.22. The first-order chi connectivity index (χ1) is 7.40. The van der Waals surface area contributed by atoms with E-state index in [1.165, 1.54) is 0 Å². The zero-order valence-electron chi connectivity index (χ0n) is 7.73. The number of aliphatic hydroxyl groups is 1. The van der Waals surface area contributed by atoms with Crippen LogP contribution in [0, 0.1) is 0 Å². The monoisotopic (exact) mass is 253 g/mol. The summed E-state index contributed by atoms with van der Waals surface area (Å²) >= 11 is 0.329. The Morgan fingerprint density at radius 3 is 2.69 bits per heavy atom. The number of hydrogen-bond acceptors (Lipinski definition) is 5. The number of rotatable bonds is 3. The minimum Gasteiger partial charge on any atom is -0.386 e. The molecule has 0 atom stereocenters. The Kier molecular flexibility index (Phi) is 3.60. The second-order valence-corrected chi connectivity index (χ2v) is 3.37. The lowest BCUT2D eigenvalue weighted by atomic mass is 10.6. The van der Waals surface area contributed by atoms with E-state index in [9.17, 15) is 18.0 Å². The van der Waals surface area contributed by atoms with E-state index in [0.717, 1.165) is 5.38 Å². The van der Waals surface area contributed by atoms with Gasteiger partial charge in [-0.1, -0.05) is 0 Å². The van der Waals surface area contributed by atoms with Gasteiger partial charge in [0, 0.05) is 12.1 Å². The molecule has 0 spiro atoms. The molecule has 0 bridgehead atoms. The number of amides is 1. The van der Waals surface area contributed by atoms with Gasteiger partial charge in [-0.25, -0.2) is 4.98 Å². The van der Waals surface area contributed by atoms with Crippen LogP contribution in [0.1, 0.15) is 5.01 Å². The highest BCUT2D eigenvalue weighted by Crippen LogP contribution is 2.33. The molecule has 1 amide bonds. The van der Waals surface area contributed by atoms with E-state index in [2.05, 4.69) is 16.8 Å². The fraction of sp³-hybridized carbons (Fsp3) is 0.286. The van der Waals surface area contributed by atoms with Crippen LogP contribution in [0.4, 0.5) is 19.0 Å². The molecule has 0 radical (unpaired) electrons. The first kappa shape index (κ1) is 12.6. The molecule has 0 fully saturated rings. The first-order valence-electron chi connectivity index (χ1n) is 3.83. The van der Waals surface area contributed by atoms with Crippen LogP contribution < -0.4 is 5.01 Å². The lowest BCUT2D eigenvalue weighted by Crippen LogP contribution is -2.28. The summed E-state index contributed by atoms with van der Waals surface area (Å²) in [5, 5.41) is 12.1. The average Bonchev–Trinajstić information content (AvgIpc) is 2.67. The van der Waals surface area contributed by atoms with Crippen LogP contribution in [-0.2, 0) is 11.0 Å². The molecule has 0 aliphatic heterocycles. The molecule has 1 heterocycles. The quantitative estimate of drug-likeness (QED) is 0.648. The van der Waals surface area contributed by atoms with E-state index in [0.29, 0.717) is 16.3 Å². The summed E-state index contributed by atoms with van der Waals surface area (Å²) in [5.41, 5.74) is 0. The maximum absolute atomic E-state index is 12.2. The number of hydrazone groups is 1. The highest BCUT2D eigenvalue weighted by Gasteiger charge is 2.35. The Morgan fingerprint density at radius 2 is 2.31 bits per heavy atom.